The molecule has 0 aliphatic heterocycles. The van der Waals surface area contributed by atoms with E-state index in [9.17, 15) is 4.79 Å². The Bertz CT molecular complexity index is 843. The smallest absolute Gasteiger partial charge is 0.310 e. The minimum absolute atomic E-state index is 0.0740. The lowest BCUT2D eigenvalue weighted by atomic mass is 10.1. The predicted octanol–water partition coefficient (Wildman–Crippen LogP) is 3.07. The van der Waals surface area contributed by atoms with Gasteiger partial charge in [-0.2, -0.15) is 5.10 Å². The number of fused-ring (bicyclic) bond motifs is 1. The molecule has 0 bridgehead atoms. The monoisotopic (exact) mass is 315 g/mol. The Kier molecular flexibility index (Phi) is 3.81. The second-order valence-corrected chi connectivity index (χ2v) is 5.24. The molecule has 1 aromatic carbocycles. The van der Waals surface area contributed by atoms with Crippen LogP contribution in [0.2, 0.25) is 5.15 Å². The molecule has 0 amide bonds. The van der Waals surface area contributed by atoms with E-state index in [1.54, 1.807) is 10.7 Å². The number of nitrogens with zero attached hydrogens (tertiary/aromatic N) is 3. The van der Waals surface area contributed by atoms with Crippen LogP contribution in [0, 0.1) is 6.92 Å². The zero-order chi connectivity index (χ0) is 15.7. The fourth-order valence-electron chi connectivity index (χ4n) is 2.34. The van der Waals surface area contributed by atoms with Crippen molar-refractivity contribution < 1.29 is 9.53 Å². The van der Waals surface area contributed by atoms with Gasteiger partial charge in [-0.15, -0.1) is 0 Å². The van der Waals surface area contributed by atoms with Crippen molar-refractivity contribution in [2.45, 2.75) is 13.3 Å². The molecule has 3 aromatic rings. The molecule has 2 heterocycles. The highest BCUT2D eigenvalue weighted by Crippen LogP contribution is 2.28. The van der Waals surface area contributed by atoms with Gasteiger partial charge in [-0.3, -0.25) is 4.79 Å². The Labute approximate surface area is 132 Å². The van der Waals surface area contributed by atoms with Crippen LogP contribution in [-0.4, -0.2) is 27.7 Å². The number of esters is 1. The molecule has 0 saturated carbocycles. The fraction of sp³-hybridized carbons (Fsp3) is 0.188. The van der Waals surface area contributed by atoms with Gasteiger partial charge in [-0.25, -0.2) is 9.50 Å². The molecule has 0 aliphatic carbocycles. The molecule has 22 heavy (non-hydrogen) atoms. The number of ether oxygens (including phenoxy) is 1. The summed E-state index contributed by atoms with van der Waals surface area (Å²) in [5.74, 6) is -0.360. The number of rotatable bonds is 3. The fourth-order valence-corrected chi connectivity index (χ4v) is 2.66. The topological polar surface area (TPSA) is 56.5 Å². The number of halogens is 1. The molecule has 5 nitrogen and oxygen atoms in total. The zero-order valence-electron chi connectivity index (χ0n) is 12.2. The van der Waals surface area contributed by atoms with Crippen molar-refractivity contribution in [1.29, 1.82) is 0 Å². The van der Waals surface area contributed by atoms with Crippen molar-refractivity contribution >= 4 is 23.2 Å². The maximum Gasteiger partial charge on any atom is 0.310 e. The SMILES string of the molecule is COC(=O)Cc1c(C)nc2c(-c3ccccc3)cnn2c1Cl. The van der Waals surface area contributed by atoms with E-state index in [4.69, 9.17) is 16.3 Å². The Morgan fingerprint density at radius 3 is 2.73 bits per heavy atom. The molecule has 0 unspecified atom stereocenters. The third kappa shape index (κ3) is 2.44. The maximum absolute atomic E-state index is 11.5. The van der Waals surface area contributed by atoms with E-state index in [2.05, 4.69) is 10.1 Å². The van der Waals surface area contributed by atoms with E-state index in [1.807, 2.05) is 37.3 Å². The quantitative estimate of drug-likeness (QED) is 0.550. The molecule has 112 valence electrons. The highest BCUT2D eigenvalue weighted by molar-refractivity contribution is 6.30. The zero-order valence-corrected chi connectivity index (χ0v) is 13.0. The van der Waals surface area contributed by atoms with Crippen LogP contribution in [0.4, 0.5) is 0 Å². The van der Waals surface area contributed by atoms with Crippen molar-refractivity contribution in [2.24, 2.45) is 0 Å². The number of methoxy groups -OCH3 is 1. The Hall–Kier alpha value is -2.40. The van der Waals surface area contributed by atoms with E-state index >= 15 is 0 Å². The standard InChI is InChI=1S/C16H14ClN3O2/c1-10-12(8-14(21)22-2)15(17)20-16(19-10)13(9-18-20)11-6-4-3-5-7-11/h3-7,9H,8H2,1-2H3. The van der Waals surface area contributed by atoms with Gasteiger partial charge < -0.3 is 4.74 Å². The number of aromatic nitrogens is 3. The summed E-state index contributed by atoms with van der Waals surface area (Å²) in [6.45, 7) is 1.83. The highest BCUT2D eigenvalue weighted by atomic mass is 35.5. The van der Waals surface area contributed by atoms with Gasteiger partial charge in [-0.05, 0) is 12.5 Å². The van der Waals surface area contributed by atoms with Crippen molar-refractivity contribution in [2.75, 3.05) is 7.11 Å². The summed E-state index contributed by atoms with van der Waals surface area (Å²) >= 11 is 6.40. The number of benzene rings is 1. The maximum atomic E-state index is 11.5. The minimum Gasteiger partial charge on any atom is -0.469 e. The predicted molar refractivity (Wildman–Crippen MR) is 83.9 cm³/mol. The van der Waals surface area contributed by atoms with Crippen molar-refractivity contribution in [1.82, 2.24) is 14.6 Å². The van der Waals surface area contributed by atoms with E-state index in [0.717, 1.165) is 11.1 Å². The second kappa shape index (κ2) is 5.77. The summed E-state index contributed by atoms with van der Waals surface area (Å²) in [5, 5.41) is 4.68. The molecule has 3 rings (SSSR count). The van der Waals surface area contributed by atoms with Crippen molar-refractivity contribution in [3.05, 3.63) is 52.9 Å². The lowest BCUT2D eigenvalue weighted by Gasteiger charge is -2.09. The van der Waals surface area contributed by atoms with Crippen LogP contribution in [0.1, 0.15) is 11.3 Å². The van der Waals surface area contributed by atoms with E-state index < -0.39 is 0 Å². The number of aryl methyl sites for hydroxylation is 1. The molecular weight excluding hydrogens is 302 g/mol. The third-order valence-corrected chi connectivity index (χ3v) is 3.91. The first-order valence-corrected chi connectivity index (χ1v) is 7.14. The molecule has 6 heteroatoms. The van der Waals surface area contributed by atoms with Gasteiger partial charge in [0.15, 0.2) is 5.65 Å². The van der Waals surface area contributed by atoms with Crippen LogP contribution < -0.4 is 0 Å². The van der Waals surface area contributed by atoms with Crippen molar-refractivity contribution in [3.8, 4) is 11.1 Å². The van der Waals surface area contributed by atoms with Crippen LogP contribution >= 0.6 is 11.6 Å². The van der Waals surface area contributed by atoms with E-state index in [-0.39, 0.29) is 12.4 Å². The van der Waals surface area contributed by atoms with Crippen LogP contribution in [0.3, 0.4) is 0 Å². The molecule has 0 aliphatic rings. The van der Waals surface area contributed by atoms with Gasteiger partial charge in [0, 0.05) is 16.8 Å². The van der Waals surface area contributed by atoms with Crippen LogP contribution in [0.15, 0.2) is 36.5 Å². The number of carbonyl (C=O) groups is 1. The van der Waals surface area contributed by atoms with E-state index in [0.29, 0.717) is 22.1 Å². The van der Waals surface area contributed by atoms with Gasteiger partial charge in [0.2, 0.25) is 0 Å². The van der Waals surface area contributed by atoms with Crippen LogP contribution in [0.25, 0.3) is 16.8 Å². The normalized spacial score (nSPS) is 10.9. The molecule has 0 radical (unpaired) electrons. The van der Waals surface area contributed by atoms with Gasteiger partial charge in [0.25, 0.3) is 0 Å². The highest BCUT2D eigenvalue weighted by Gasteiger charge is 2.18. The van der Waals surface area contributed by atoms with Gasteiger partial charge in [-0.1, -0.05) is 41.9 Å². The molecule has 0 saturated heterocycles. The lowest BCUT2D eigenvalue weighted by molar-refractivity contribution is -0.139. The summed E-state index contributed by atoms with van der Waals surface area (Å²) in [7, 11) is 1.35. The molecule has 0 atom stereocenters. The van der Waals surface area contributed by atoms with Crippen molar-refractivity contribution in [3.63, 3.8) is 0 Å². The van der Waals surface area contributed by atoms with E-state index in [1.165, 1.54) is 7.11 Å². The average molecular weight is 316 g/mol. The Morgan fingerprint density at radius 2 is 2.05 bits per heavy atom. The molecule has 0 N–H and O–H groups in total. The summed E-state index contributed by atoms with van der Waals surface area (Å²) in [6, 6.07) is 9.85. The van der Waals surface area contributed by atoms with Crippen LogP contribution in [-0.2, 0) is 16.0 Å². The number of hydrogen-bond acceptors (Lipinski definition) is 4. The summed E-state index contributed by atoms with van der Waals surface area (Å²) in [4.78, 5) is 16.1. The third-order valence-electron chi connectivity index (χ3n) is 3.52. The minimum atomic E-state index is -0.360. The number of carbonyl (C=O) groups excluding carboxylic acids is 1. The molecule has 2 aromatic heterocycles. The summed E-state index contributed by atoms with van der Waals surface area (Å²) < 4.78 is 6.25. The Morgan fingerprint density at radius 1 is 1.32 bits per heavy atom. The summed E-state index contributed by atoms with van der Waals surface area (Å²) in [6.07, 6.45) is 1.80. The number of hydrogen-bond donors (Lipinski definition) is 0. The van der Waals surface area contributed by atoms with Gasteiger partial charge in [0.1, 0.15) is 5.15 Å². The summed E-state index contributed by atoms with van der Waals surface area (Å²) in [5.41, 5.74) is 3.91. The molecule has 0 fully saturated rings. The second-order valence-electron chi connectivity index (χ2n) is 4.88. The van der Waals surface area contributed by atoms with Crippen LogP contribution in [0.5, 0.6) is 0 Å². The molecular formula is C16H14ClN3O2. The Balaban J connectivity index is 2.17. The van der Waals surface area contributed by atoms with Gasteiger partial charge in [0.05, 0.1) is 19.7 Å². The molecule has 0 spiro atoms. The average Bonchev–Trinajstić information content (AvgIpc) is 2.95. The van der Waals surface area contributed by atoms with Gasteiger partial charge >= 0.3 is 5.97 Å². The first-order chi connectivity index (χ1) is 10.6. The first-order valence-electron chi connectivity index (χ1n) is 6.76. The lowest BCUT2D eigenvalue weighted by Crippen LogP contribution is -2.10. The first kappa shape index (κ1) is 14.5. The largest absolute Gasteiger partial charge is 0.469 e.